The standard InChI is InChI=1S/C11H19N3O2/c1-15-7-9(12)10-13-11(16-14-10)8-5-3-2-4-6-8/h8-9H,2-7,12H2,1H3. The van der Waals surface area contributed by atoms with Gasteiger partial charge in [0, 0.05) is 13.0 Å². The predicted octanol–water partition coefficient (Wildman–Crippen LogP) is 1.76. The largest absolute Gasteiger partial charge is 0.383 e. The molecule has 1 atom stereocenters. The molecule has 0 amide bonds. The number of hydrogen-bond acceptors (Lipinski definition) is 5. The van der Waals surface area contributed by atoms with E-state index in [1.807, 2.05) is 0 Å². The zero-order valence-electron chi connectivity index (χ0n) is 9.69. The van der Waals surface area contributed by atoms with Gasteiger partial charge in [-0.1, -0.05) is 24.4 Å². The molecule has 0 saturated heterocycles. The van der Waals surface area contributed by atoms with E-state index in [0.717, 1.165) is 18.7 Å². The van der Waals surface area contributed by atoms with E-state index in [9.17, 15) is 0 Å². The molecular formula is C11H19N3O2. The minimum Gasteiger partial charge on any atom is -0.383 e. The van der Waals surface area contributed by atoms with Crippen LogP contribution in [-0.2, 0) is 4.74 Å². The normalized spacial score (nSPS) is 19.9. The van der Waals surface area contributed by atoms with Gasteiger partial charge in [-0.2, -0.15) is 4.98 Å². The smallest absolute Gasteiger partial charge is 0.229 e. The molecule has 1 aromatic heterocycles. The average Bonchev–Trinajstić information content (AvgIpc) is 2.80. The highest BCUT2D eigenvalue weighted by Gasteiger charge is 2.23. The fourth-order valence-electron chi connectivity index (χ4n) is 2.17. The Balaban J connectivity index is 2.00. The van der Waals surface area contributed by atoms with Gasteiger partial charge in [0.1, 0.15) is 0 Å². The molecule has 0 aliphatic heterocycles. The third-order valence-corrected chi connectivity index (χ3v) is 3.09. The number of nitrogens with two attached hydrogens (primary N) is 1. The summed E-state index contributed by atoms with van der Waals surface area (Å²) in [4.78, 5) is 4.37. The monoisotopic (exact) mass is 225 g/mol. The third-order valence-electron chi connectivity index (χ3n) is 3.09. The van der Waals surface area contributed by atoms with Crippen molar-refractivity contribution in [3.05, 3.63) is 11.7 Å². The zero-order chi connectivity index (χ0) is 11.4. The van der Waals surface area contributed by atoms with E-state index in [1.165, 1.54) is 19.3 Å². The lowest BCUT2D eigenvalue weighted by Gasteiger charge is -2.17. The fourth-order valence-corrected chi connectivity index (χ4v) is 2.17. The molecule has 5 nitrogen and oxygen atoms in total. The SMILES string of the molecule is COCC(N)c1noc(C2CCCCC2)n1. The van der Waals surface area contributed by atoms with E-state index in [4.69, 9.17) is 15.0 Å². The van der Waals surface area contributed by atoms with Crippen LogP contribution in [0.2, 0.25) is 0 Å². The molecule has 0 radical (unpaired) electrons. The number of ether oxygens (including phenoxy) is 1. The summed E-state index contributed by atoms with van der Waals surface area (Å²) in [6.45, 7) is 0.420. The third kappa shape index (κ3) is 2.59. The molecule has 2 N–H and O–H groups in total. The van der Waals surface area contributed by atoms with Gasteiger partial charge in [-0.15, -0.1) is 0 Å². The number of hydrogen-bond donors (Lipinski definition) is 1. The van der Waals surface area contributed by atoms with Gasteiger partial charge in [-0.05, 0) is 12.8 Å². The summed E-state index contributed by atoms with van der Waals surface area (Å²) in [6, 6.07) is -0.286. The van der Waals surface area contributed by atoms with Crippen molar-refractivity contribution >= 4 is 0 Å². The highest BCUT2D eigenvalue weighted by molar-refractivity contribution is 4.98. The summed E-state index contributed by atoms with van der Waals surface area (Å²) >= 11 is 0. The first-order valence-electron chi connectivity index (χ1n) is 5.89. The van der Waals surface area contributed by atoms with E-state index >= 15 is 0 Å². The van der Waals surface area contributed by atoms with Gasteiger partial charge in [0.05, 0.1) is 12.6 Å². The summed E-state index contributed by atoms with van der Waals surface area (Å²) in [6.07, 6.45) is 6.14. The average molecular weight is 225 g/mol. The van der Waals surface area contributed by atoms with Crippen LogP contribution >= 0.6 is 0 Å². The molecule has 1 aliphatic rings. The maximum atomic E-state index is 5.84. The van der Waals surface area contributed by atoms with Crippen LogP contribution in [0.15, 0.2) is 4.52 Å². The van der Waals surface area contributed by atoms with Gasteiger partial charge in [-0.3, -0.25) is 0 Å². The first-order valence-corrected chi connectivity index (χ1v) is 5.89. The van der Waals surface area contributed by atoms with Crippen molar-refractivity contribution < 1.29 is 9.26 Å². The van der Waals surface area contributed by atoms with Crippen LogP contribution in [0.1, 0.15) is 55.8 Å². The topological polar surface area (TPSA) is 74.2 Å². The summed E-state index contributed by atoms with van der Waals surface area (Å²) in [5, 5.41) is 3.92. The highest BCUT2D eigenvalue weighted by atomic mass is 16.5. The molecule has 1 unspecified atom stereocenters. The van der Waals surface area contributed by atoms with E-state index in [-0.39, 0.29) is 6.04 Å². The Bertz CT molecular complexity index is 321. The Morgan fingerprint density at radius 2 is 2.19 bits per heavy atom. The molecular weight excluding hydrogens is 206 g/mol. The Labute approximate surface area is 95.3 Å². The minimum atomic E-state index is -0.286. The molecule has 1 aromatic rings. The summed E-state index contributed by atoms with van der Waals surface area (Å²) in [5.41, 5.74) is 5.84. The second-order valence-electron chi connectivity index (χ2n) is 4.39. The zero-order valence-corrected chi connectivity index (χ0v) is 9.69. The van der Waals surface area contributed by atoms with Crippen LogP contribution in [0.25, 0.3) is 0 Å². The second-order valence-corrected chi connectivity index (χ2v) is 4.39. The molecule has 16 heavy (non-hydrogen) atoms. The van der Waals surface area contributed by atoms with Crippen LogP contribution < -0.4 is 5.73 Å². The molecule has 1 aliphatic carbocycles. The fraction of sp³-hybridized carbons (Fsp3) is 0.818. The molecule has 2 rings (SSSR count). The van der Waals surface area contributed by atoms with Crippen LogP contribution in [0.5, 0.6) is 0 Å². The first-order chi connectivity index (χ1) is 7.81. The number of methoxy groups -OCH3 is 1. The van der Waals surface area contributed by atoms with Crippen LogP contribution in [-0.4, -0.2) is 23.9 Å². The first kappa shape index (κ1) is 11.5. The van der Waals surface area contributed by atoms with Crippen molar-refractivity contribution in [1.29, 1.82) is 0 Å². The van der Waals surface area contributed by atoms with E-state index in [1.54, 1.807) is 7.11 Å². The maximum Gasteiger partial charge on any atom is 0.229 e. The van der Waals surface area contributed by atoms with Gasteiger partial charge in [-0.25, -0.2) is 0 Å². The van der Waals surface area contributed by atoms with Gasteiger partial charge < -0.3 is 15.0 Å². The maximum absolute atomic E-state index is 5.84. The van der Waals surface area contributed by atoms with Crippen molar-refractivity contribution in [2.24, 2.45) is 5.73 Å². The summed E-state index contributed by atoms with van der Waals surface area (Å²) < 4.78 is 10.2. The number of aromatic nitrogens is 2. The summed E-state index contributed by atoms with van der Waals surface area (Å²) in [5.74, 6) is 1.74. The summed E-state index contributed by atoms with van der Waals surface area (Å²) in [7, 11) is 1.61. The van der Waals surface area contributed by atoms with Gasteiger partial charge in [0.15, 0.2) is 5.82 Å². The van der Waals surface area contributed by atoms with E-state index in [2.05, 4.69) is 10.1 Å². The molecule has 1 saturated carbocycles. The lowest BCUT2D eigenvalue weighted by atomic mass is 9.89. The predicted molar refractivity (Wildman–Crippen MR) is 58.9 cm³/mol. The van der Waals surface area contributed by atoms with Crippen LogP contribution in [0.3, 0.4) is 0 Å². The minimum absolute atomic E-state index is 0.286. The van der Waals surface area contributed by atoms with Gasteiger partial charge in [0.25, 0.3) is 0 Å². The number of rotatable bonds is 4. The van der Waals surface area contributed by atoms with E-state index in [0.29, 0.717) is 18.3 Å². The van der Waals surface area contributed by atoms with Crippen LogP contribution in [0.4, 0.5) is 0 Å². The number of nitrogens with zero attached hydrogens (tertiary/aromatic N) is 2. The Morgan fingerprint density at radius 3 is 2.88 bits per heavy atom. The Kier molecular flexibility index (Phi) is 3.90. The molecule has 1 fully saturated rings. The molecule has 0 bridgehead atoms. The van der Waals surface area contributed by atoms with Crippen molar-refractivity contribution in [1.82, 2.24) is 10.1 Å². The Morgan fingerprint density at radius 1 is 1.44 bits per heavy atom. The molecule has 0 spiro atoms. The molecule has 5 heteroatoms. The highest BCUT2D eigenvalue weighted by Crippen LogP contribution is 2.31. The molecule has 1 heterocycles. The Hall–Kier alpha value is -0.940. The molecule has 90 valence electrons. The van der Waals surface area contributed by atoms with Crippen molar-refractivity contribution in [3.8, 4) is 0 Å². The second kappa shape index (κ2) is 5.41. The van der Waals surface area contributed by atoms with Gasteiger partial charge >= 0.3 is 0 Å². The lowest BCUT2D eigenvalue weighted by molar-refractivity contribution is 0.177. The van der Waals surface area contributed by atoms with Crippen molar-refractivity contribution in [2.45, 2.75) is 44.1 Å². The van der Waals surface area contributed by atoms with Gasteiger partial charge in [0.2, 0.25) is 5.89 Å². The quantitative estimate of drug-likeness (QED) is 0.845. The molecule has 0 aromatic carbocycles. The van der Waals surface area contributed by atoms with Crippen LogP contribution in [0, 0.1) is 0 Å². The lowest BCUT2D eigenvalue weighted by Crippen LogP contribution is -2.17. The van der Waals surface area contributed by atoms with Crippen molar-refractivity contribution in [2.75, 3.05) is 13.7 Å². The van der Waals surface area contributed by atoms with Crippen molar-refractivity contribution in [3.63, 3.8) is 0 Å². The van der Waals surface area contributed by atoms with E-state index < -0.39 is 0 Å².